The molecule has 1 aromatic heterocycles. The van der Waals surface area contributed by atoms with Crippen molar-refractivity contribution in [1.29, 1.82) is 0 Å². The maximum atomic E-state index is 13.3. The molecule has 2 amide bonds. The van der Waals surface area contributed by atoms with Crippen LogP contribution in [0.5, 0.6) is 0 Å². The summed E-state index contributed by atoms with van der Waals surface area (Å²) < 4.78 is 37.0. The normalized spacial score (nSPS) is 13.7. The lowest BCUT2D eigenvalue weighted by Gasteiger charge is -2.20. The molecule has 2 N–H and O–H groups in total. The zero-order valence-electron chi connectivity index (χ0n) is 21.9. The van der Waals surface area contributed by atoms with Crippen LogP contribution in [0.3, 0.4) is 0 Å². The predicted molar refractivity (Wildman–Crippen MR) is 148 cm³/mol. The molecular formula is C27H31N3O6S2. The van der Waals surface area contributed by atoms with Crippen LogP contribution in [0, 0.1) is 0 Å². The Morgan fingerprint density at radius 3 is 2.24 bits per heavy atom. The summed E-state index contributed by atoms with van der Waals surface area (Å²) in [5, 5.41) is 5.58. The number of aromatic nitrogens is 1. The molecule has 9 nitrogen and oxygen atoms in total. The molecule has 0 aliphatic heterocycles. The van der Waals surface area contributed by atoms with Gasteiger partial charge in [-0.15, -0.1) is 11.3 Å². The number of benzene rings is 2. The highest BCUT2D eigenvalue weighted by molar-refractivity contribution is 7.92. The number of anilines is 2. The number of ether oxygens (including phenoxy) is 2. The van der Waals surface area contributed by atoms with Gasteiger partial charge in [0.25, 0.3) is 0 Å². The average Bonchev–Trinajstić information content (AvgIpc) is 3.56. The molecule has 4 rings (SSSR count). The van der Waals surface area contributed by atoms with Crippen molar-refractivity contribution in [1.82, 2.24) is 4.98 Å². The van der Waals surface area contributed by atoms with Crippen molar-refractivity contribution in [2.24, 2.45) is 0 Å². The van der Waals surface area contributed by atoms with E-state index in [1.54, 1.807) is 65.1 Å². The van der Waals surface area contributed by atoms with Crippen molar-refractivity contribution < 1.29 is 27.5 Å². The fourth-order valence-electron chi connectivity index (χ4n) is 3.61. The molecule has 1 aliphatic rings. The maximum absolute atomic E-state index is 13.3. The molecule has 0 bridgehead atoms. The number of hydrogen-bond acceptors (Lipinski definition) is 8. The molecule has 38 heavy (non-hydrogen) atoms. The molecular weight excluding hydrogens is 526 g/mol. The van der Waals surface area contributed by atoms with Crippen LogP contribution in [0.4, 0.5) is 21.0 Å². The Bertz CT molecular complexity index is 1440. The maximum Gasteiger partial charge on any atom is 0.412 e. The van der Waals surface area contributed by atoms with Gasteiger partial charge in [0.2, 0.25) is 0 Å². The molecule has 11 heteroatoms. The van der Waals surface area contributed by atoms with Gasteiger partial charge >= 0.3 is 12.2 Å². The molecule has 0 spiro atoms. The Morgan fingerprint density at radius 2 is 1.63 bits per heavy atom. The topological polar surface area (TPSA) is 124 Å². The van der Waals surface area contributed by atoms with Crippen LogP contribution in [0.25, 0.3) is 21.0 Å². The van der Waals surface area contributed by atoms with Gasteiger partial charge in [0.15, 0.2) is 9.84 Å². The molecule has 0 unspecified atom stereocenters. The number of thiazole rings is 1. The van der Waals surface area contributed by atoms with Crippen molar-refractivity contribution in [3.8, 4) is 21.0 Å². The van der Waals surface area contributed by atoms with E-state index in [-0.39, 0.29) is 11.0 Å². The molecule has 0 saturated heterocycles. The fraction of sp³-hybridized carbons (Fsp3) is 0.370. The number of carbonyl (C=O) groups is 2. The second kappa shape index (κ2) is 10.7. The highest BCUT2D eigenvalue weighted by Crippen LogP contribution is 2.41. The number of nitrogens with zero attached hydrogens (tertiary/aromatic N) is 1. The Labute approximate surface area is 226 Å². The average molecular weight is 558 g/mol. The Morgan fingerprint density at radius 1 is 1.00 bits per heavy atom. The van der Waals surface area contributed by atoms with Crippen LogP contribution in [0.2, 0.25) is 0 Å². The monoisotopic (exact) mass is 557 g/mol. The van der Waals surface area contributed by atoms with Gasteiger partial charge in [0.05, 0.1) is 21.1 Å². The Kier molecular flexibility index (Phi) is 7.80. The first-order valence-electron chi connectivity index (χ1n) is 12.2. The van der Waals surface area contributed by atoms with Crippen LogP contribution >= 0.6 is 11.3 Å². The zero-order valence-corrected chi connectivity index (χ0v) is 23.5. The van der Waals surface area contributed by atoms with Gasteiger partial charge in [-0.2, -0.15) is 0 Å². The van der Waals surface area contributed by atoms with E-state index in [4.69, 9.17) is 9.47 Å². The fourth-order valence-corrected chi connectivity index (χ4v) is 6.53. The lowest BCUT2D eigenvalue weighted by molar-refractivity contribution is 0.0635. The minimum absolute atomic E-state index is 0.159. The quantitative estimate of drug-likeness (QED) is 0.331. The first kappa shape index (κ1) is 27.6. The minimum Gasteiger partial charge on any atom is -0.447 e. The van der Waals surface area contributed by atoms with Gasteiger partial charge in [0.1, 0.15) is 10.6 Å². The molecule has 2 aromatic carbocycles. The summed E-state index contributed by atoms with van der Waals surface area (Å²) in [7, 11) is -3.58. The first-order chi connectivity index (χ1) is 17.8. The van der Waals surface area contributed by atoms with Gasteiger partial charge in [-0.3, -0.25) is 10.6 Å². The van der Waals surface area contributed by atoms with Crippen LogP contribution < -0.4 is 10.6 Å². The van der Waals surface area contributed by atoms with E-state index >= 15 is 0 Å². The van der Waals surface area contributed by atoms with Crippen molar-refractivity contribution in [2.45, 2.75) is 69.3 Å². The number of rotatable bonds is 7. The van der Waals surface area contributed by atoms with Gasteiger partial charge in [0, 0.05) is 28.7 Å². The second-order valence-corrected chi connectivity index (χ2v) is 13.5. The lowest BCUT2D eigenvalue weighted by Crippen LogP contribution is -2.27. The van der Waals surface area contributed by atoms with E-state index in [9.17, 15) is 18.0 Å². The van der Waals surface area contributed by atoms with Crippen LogP contribution in [-0.4, -0.2) is 42.5 Å². The summed E-state index contributed by atoms with van der Waals surface area (Å²) in [5.41, 5.74) is 1.59. The zero-order chi connectivity index (χ0) is 27.7. The van der Waals surface area contributed by atoms with Gasteiger partial charge in [-0.05, 0) is 83.9 Å². The van der Waals surface area contributed by atoms with Gasteiger partial charge in [-0.1, -0.05) is 6.07 Å². The molecule has 1 saturated carbocycles. The number of carbonyl (C=O) groups excluding carboxylic acids is 2. The van der Waals surface area contributed by atoms with Crippen molar-refractivity contribution in [3.05, 3.63) is 48.7 Å². The van der Waals surface area contributed by atoms with Gasteiger partial charge in [-0.25, -0.2) is 23.0 Å². The van der Waals surface area contributed by atoms with E-state index in [1.807, 2.05) is 12.1 Å². The Balaban J connectivity index is 1.59. The summed E-state index contributed by atoms with van der Waals surface area (Å²) in [6.07, 6.45) is 1.47. The third kappa shape index (κ3) is 6.90. The van der Waals surface area contributed by atoms with E-state index in [0.717, 1.165) is 5.56 Å². The third-order valence-electron chi connectivity index (χ3n) is 5.39. The molecule has 0 radical (unpaired) electrons. The van der Waals surface area contributed by atoms with Gasteiger partial charge < -0.3 is 9.47 Å². The summed E-state index contributed by atoms with van der Waals surface area (Å²) in [6.45, 7) is 8.81. The molecule has 3 aromatic rings. The predicted octanol–water partition coefficient (Wildman–Crippen LogP) is 6.72. The number of nitrogens with one attached hydrogen (secondary N) is 2. The third-order valence-corrected chi connectivity index (χ3v) is 8.77. The van der Waals surface area contributed by atoms with Crippen LogP contribution in [0.1, 0.15) is 47.5 Å². The second-order valence-electron chi connectivity index (χ2n) is 10.3. The number of hydrogen-bond donors (Lipinski definition) is 2. The van der Waals surface area contributed by atoms with Crippen LogP contribution in [0.15, 0.2) is 53.6 Å². The summed E-state index contributed by atoms with van der Waals surface area (Å²) in [6, 6.07) is 12.0. The molecule has 1 fully saturated rings. The SMILES string of the molecule is CC(C)OC(=O)Nc1ccc(-c2ncc(-c3ccc(NC(=O)OC(C)(C)C)cc3S(=O)(=O)C3CC3)s2)cc1. The Hall–Kier alpha value is -3.44. The molecule has 1 heterocycles. The summed E-state index contributed by atoms with van der Waals surface area (Å²) in [4.78, 5) is 29.4. The summed E-state index contributed by atoms with van der Waals surface area (Å²) in [5.74, 6) is 0. The first-order valence-corrected chi connectivity index (χ1v) is 14.6. The number of amides is 2. The van der Waals surface area contributed by atoms with Crippen LogP contribution in [-0.2, 0) is 19.3 Å². The lowest BCUT2D eigenvalue weighted by atomic mass is 10.2. The highest BCUT2D eigenvalue weighted by atomic mass is 32.2. The van der Waals surface area contributed by atoms with Crippen molar-refractivity contribution in [3.63, 3.8) is 0 Å². The minimum atomic E-state index is -3.58. The smallest absolute Gasteiger partial charge is 0.412 e. The molecule has 0 atom stereocenters. The van der Waals surface area contributed by atoms with Crippen molar-refractivity contribution >= 4 is 44.7 Å². The van der Waals surface area contributed by atoms with Crippen molar-refractivity contribution in [2.75, 3.05) is 10.6 Å². The van der Waals surface area contributed by atoms with E-state index in [1.165, 1.54) is 17.4 Å². The summed E-state index contributed by atoms with van der Waals surface area (Å²) >= 11 is 1.36. The standard InChI is InChI=1S/C27H31N3O6S2/c1-16(2)35-25(31)29-18-8-6-17(7-9-18)24-28-15-22(37-24)21-13-10-19(30-26(32)36-27(3,4)5)14-23(21)38(33,34)20-11-12-20/h6-10,13-16,20H,11-12H2,1-5H3,(H,29,31)(H,30,32). The van der Waals surface area contributed by atoms with E-state index in [2.05, 4.69) is 15.6 Å². The highest BCUT2D eigenvalue weighted by Gasteiger charge is 2.38. The largest absolute Gasteiger partial charge is 0.447 e. The van der Waals surface area contributed by atoms with E-state index < -0.39 is 32.9 Å². The number of sulfone groups is 1. The molecule has 202 valence electrons. The molecule has 1 aliphatic carbocycles. The van der Waals surface area contributed by atoms with E-state index in [0.29, 0.717) is 39.7 Å².